The molecule has 0 aliphatic carbocycles. The molecular formula is C47H51NO9. The van der Waals surface area contributed by atoms with Crippen molar-refractivity contribution >= 4 is 6.21 Å². The van der Waals surface area contributed by atoms with Crippen LogP contribution in [0, 0.1) is 0 Å². The molecule has 0 aromatic heterocycles. The molecule has 57 heavy (non-hydrogen) atoms. The molecule has 1 fully saturated rings. The summed E-state index contributed by atoms with van der Waals surface area (Å²) < 4.78 is 40.0. The maximum absolute atomic E-state index is 12.1. The van der Waals surface area contributed by atoms with E-state index in [1.165, 1.54) is 6.21 Å². The van der Waals surface area contributed by atoms with Gasteiger partial charge in [-0.2, -0.15) is 0 Å². The van der Waals surface area contributed by atoms with Gasteiger partial charge in [0.25, 0.3) is 5.79 Å². The van der Waals surface area contributed by atoms with E-state index in [2.05, 4.69) is 5.16 Å². The molecule has 2 heterocycles. The van der Waals surface area contributed by atoms with Crippen molar-refractivity contribution in [3.05, 3.63) is 179 Å². The highest BCUT2D eigenvalue weighted by molar-refractivity contribution is 5.59. The molecule has 1 unspecified atom stereocenters. The van der Waals surface area contributed by atoms with Crippen molar-refractivity contribution in [1.29, 1.82) is 0 Å². The van der Waals surface area contributed by atoms with E-state index in [9.17, 15) is 10.2 Å². The van der Waals surface area contributed by atoms with Crippen molar-refractivity contribution in [2.24, 2.45) is 5.16 Å². The van der Waals surface area contributed by atoms with E-state index >= 15 is 0 Å². The number of benzene rings is 5. The van der Waals surface area contributed by atoms with Gasteiger partial charge in [0.2, 0.25) is 0 Å². The average Bonchev–Trinajstić information content (AvgIpc) is 3.70. The van der Waals surface area contributed by atoms with Gasteiger partial charge in [0.05, 0.1) is 64.5 Å². The molecule has 2 aliphatic rings. The second kappa shape index (κ2) is 20.6. The summed E-state index contributed by atoms with van der Waals surface area (Å²) in [7, 11) is 0. The molecule has 0 saturated carbocycles. The quantitative estimate of drug-likeness (QED) is 0.0850. The number of oxime groups is 1. The van der Waals surface area contributed by atoms with Crippen LogP contribution in [0.5, 0.6) is 0 Å². The first-order valence-corrected chi connectivity index (χ1v) is 19.5. The van der Waals surface area contributed by atoms with Gasteiger partial charge in [-0.1, -0.05) is 157 Å². The van der Waals surface area contributed by atoms with Gasteiger partial charge in [-0.15, -0.1) is 0 Å². The van der Waals surface area contributed by atoms with Crippen molar-refractivity contribution in [2.45, 2.75) is 94.4 Å². The highest BCUT2D eigenvalue weighted by atomic mass is 16.8. The zero-order valence-corrected chi connectivity index (χ0v) is 31.9. The van der Waals surface area contributed by atoms with E-state index < -0.39 is 48.5 Å². The smallest absolute Gasteiger partial charge is 0.268 e. The zero-order chi connectivity index (χ0) is 39.1. The van der Waals surface area contributed by atoms with Crippen molar-refractivity contribution in [3.8, 4) is 0 Å². The molecule has 2 aliphatic heterocycles. The third-order valence-corrected chi connectivity index (χ3v) is 10.2. The highest BCUT2D eigenvalue weighted by Crippen LogP contribution is 2.36. The van der Waals surface area contributed by atoms with E-state index in [4.69, 9.17) is 33.3 Å². The predicted octanol–water partition coefficient (Wildman–Crippen LogP) is 7.16. The van der Waals surface area contributed by atoms with Crippen LogP contribution >= 0.6 is 0 Å². The van der Waals surface area contributed by atoms with Gasteiger partial charge in [0.1, 0.15) is 24.4 Å². The Morgan fingerprint density at radius 2 is 0.982 bits per heavy atom. The van der Waals surface area contributed by atoms with Crippen LogP contribution in [0.15, 0.2) is 157 Å². The second-order valence-corrected chi connectivity index (χ2v) is 14.4. The van der Waals surface area contributed by atoms with E-state index in [1.54, 1.807) is 0 Å². The van der Waals surface area contributed by atoms with E-state index in [0.29, 0.717) is 13.2 Å². The molecule has 0 spiro atoms. The summed E-state index contributed by atoms with van der Waals surface area (Å²) in [5, 5.41) is 27.6. The molecule has 0 bridgehead atoms. The first kappa shape index (κ1) is 40.4. The highest BCUT2D eigenvalue weighted by Gasteiger charge is 2.52. The maximum atomic E-state index is 12.1. The number of rotatable bonds is 20. The fourth-order valence-electron chi connectivity index (χ4n) is 7.24. The number of aliphatic hydroxyl groups is 2. The number of aliphatic hydroxyl groups excluding tert-OH is 1. The Hall–Kier alpha value is -4.75. The third-order valence-electron chi connectivity index (χ3n) is 10.2. The largest absolute Gasteiger partial charge is 0.390 e. The molecule has 8 atom stereocenters. The second-order valence-electron chi connectivity index (χ2n) is 14.4. The summed E-state index contributed by atoms with van der Waals surface area (Å²) in [4.78, 5) is 5.45. The van der Waals surface area contributed by atoms with Crippen molar-refractivity contribution in [2.75, 3.05) is 6.61 Å². The molecule has 5 aromatic rings. The lowest BCUT2D eigenvalue weighted by atomic mass is 9.88. The summed E-state index contributed by atoms with van der Waals surface area (Å²) in [5.74, 6) is -1.90. The Morgan fingerprint density at radius 3 is 1.44 bits per heavy atom. The molecule has 7 rings (SSSR count). The molecule has 10 heteroatoms. The van der Waals surface area contributed by atoms with Crippen LogP contribution < -0.4 is 0 Å². The monoisotopic (exact) mass is 773 g/mol. The first-order valence-electron chi connectivity index (χ1n) is 19.5. The van der Waals surface area contributed by atoms with Gasteiger partial charge >= 0.3 is 0 Å². The average molecular weight is 774 g/mol. The molecular weight excluding hydrogens is 723 g/mol. The van der Waals surface area contributed by atoms with Crippen LogP contribution in [0.4, 0.5) is 0 Å². The van der Waals surface area contributed by atoms with Crippen LogP contribution in [-0.4, -0.2) is 71.5 Å². The number of hydrogen-bond acceptors (Lipinski definition) is 10. The number of hydrogen-bond donors (Lipinski definition) is 2. The summed E-state index contributed by atoms with van der Waals surface area (Å²) in [6, 6.07) is 49.3. The van der Waals surface area contributed by atoms with Gasteiger partial charge < -0.3 is 43.5 Å². The standard InChI is InChI=1S/C47H51NO9/c49-40(46(47(50)26-27-48-57-47)55-33-39-24-14-5-15-25-39)28-41-43(52-30-36-18-8-2-9-19-36)45(54-32-38-22-12-4-13-23-38)44(53-31-37-20-10-3-11-21-37)42(56-41)34-51-29-35-16-6-1-7-17-35/h1-25,27,40-46,49-50H,26,28-34H2/t40-,41+,42-,43+,44-,45-,46-,47?/m1/s1. The predicted molar refractivity (Wildman–Crippen MR) is 215 cm³/mol. The van der Waals surface area contributed by atoms with Crippen LogP contribution in [0.3, 0.4) is 0 Å². The summed E-state index contributed by atoms with van der Waals surface area (Å²) in [6.07, 6.45) is -4.42. The van der Waals surface area contributed by atoms with Crippen molar-refractivity contribution in [1.82, 2.24) is 0 Å². The lowest BCUT2D eigenvalue weighted by molar-refractivity contribution is -0.294. The minimum absolute atomic E-state index is 0.00360. The number of ether oxygens (including phenoxy) is 6. The molecule has 2 N–H and O–H groups in total. The van der Waals surface area contributed by atoms with E-state index in [-0.39, 0.29) is 39.3 Å². The van der Waals surface area contributed by atoms with Crippen molar-refractivity contribution < 1.29 is 43.5 Å². The lowest BCUT2D eigenvalue weighted by Crippen LogP contribution is -2.62. The summed E-state index contributed by atoms with van der Waals surface area (Å²) in [5.41, 5.74) is 4.83. The summed E-state index contributed by atoms with van der Waals surface area (Å²) in [6.45, 7) is 1.50. The van der Waals surface area contributed by atoms with Gasteiger partial charge in [-0.3, -0.25) is 0 Å². The Bertz CT molecular complexity index is 1890. The maximum Gasteiger partial charge on any atom is 0.268 e. The van der Waals surface area contributed by atoms with E-state index in [1.807, 2.05) is 152 Å². The van der Waals surface area contributed by atoms with Gasteiger partial charge in [0, 0.05) is 6.42 Å². The van der Waals surface area contributed by atoms with Crippen LogP contribution in [0.1, 0.15) is 40.7 Å². The minimum Gasteiger partial charge on any atom is -0.390 e. The van der Waals surface area contributed by atoms with Gasteiger partial charge in [0.15, 0.2) is 6.10 Å². The SMILES string of the molecule is O[C@H](C[C@@H]1O[C@H](COCc2ccccc2)[C@@H](OCc2ccccc2)[C@H](OCc2ccccc2)[C@H]1OCc1ccccc1)[C@@H](OCc1ccccc1)C1(O)CC=NO1. The number of nitrogens with zero attached hydrogens (tertiary/aromatic N) is 1. The van der Waals surface area contributed by atoms with Crippen LogP contribution in [0.2, 0.25) is 0 Å². The van der Waals surface area contributed by atoms with Crippen molar-refractivity contribution in [3.63, 3.8) is 0 Å². The Labute approximate surface area is 334 Å². The normalized spacial score (nSPS) is 24.1. The molecule has 5 aromatic carbocycles. The topological polar surface area (TPSA) is 117 Å². The fraction of sp³-hybridized carbons (Fsp3) is 0.340. The zero-order valence-electron chi connectivity index (χ0n) is 31.9. The van der Waals surface area contributed by atoms with Gasteiger partial charge in [-0.05, 0) is 27.8 Å². The third kappa shape index (κ3) is 11.4. The molecule has 0 amide bonds. The van der Waals surface area contributed by atoms with Crippen LogP contribution in [0.25, 0.3) is 0 Å². The molecule has 1 saturated heterocycles. The fourth-order valence-corrected chi connectivity index (χ4v) is 7.24. The molecule has 0 radical (unpaired) electrons. The minimum atomic E-state index is -1.90. The lowest BCUT2D eigenvalue weighted by Gasteiger charge is -2.47. The summed E-state index contributed by atoms with van der Waals surface area (Å²) >= 11 is 0. The Morgan fingerprint density at radius 1 is 0.561 bits per heavy atom. The Balaban J connectivity index is 1.21. The molecule has 10 nitrogen and oxygen atoms in total. The van der Waals surface area contributed by atoms with Crippen LogP contribution in [-0.2, 0) is 66.3 Å². The van der Waals surface area contributed by atoms with Gasteiger partial charge in [-0.25, -0.2) is 0 Å². The molecule has 298 valence electrons. The first-order chi connectivity index (χ1) is 28.0. The Kier molecular flexibility index (Phi) is 14.6. The van der Waals surface area contributed by atoms with E-state index in [0.717, 1.165) is 27.8 Å².